The molecule has 7 heteroatoms. The van der Waals surface area contributed by atoms with Crippen LogP contribution in [0.1, 0.15) is 109 Å². The minimum Gasteiger partial charge on any atom is -0.344 e. The zero-order chi connectivity index (χ0) is 24.8. The fraction of sp³-hybridized carbons (Fsp3) is 1.00. The molecule has 0 aromatic rings. The second kappa shape index (κ2) is 13.5. The number of rotatable bonds is 15. The summed E-state index contributed by atoms with van der Waals surface area (Å²) in [5, 5.41) is 0. The van der Waals surface area contributed by atoms with Crippen LogP contribution in [0, 0.1) is 0 Å². The molecule has 0 N–H and O–H groups in total. The van der Waals surface area contributed by atoms with Crippen LogP contribution < -0.4 is 0 Å². The standard InChI is InChI=1S/C24H54Cl3NSi3/c1-19(2)30(20(3)4,21(5)6)28(17-15-13-14-16-18-29(25,26)27)31(22(7)8,23(9)10)24(11)12/h19-24H,13-18H2,1-12H3. The molecule has 0 saturated heterocycles. The van der Waals surface area contributed by atoms with Gasteiger partial charge in [0.05, 0.1) is 0 Å². The van der Waals surface area contributed by atoms with Crippen molar-refractivity contribution >= 4 is 55.7 Å². The third-order valence-electron chi connectivity index (χ3n) is 8.08. The molecule has 0 unspecified atom stereocenters. The number of halogens is 3. The van der Waals surface area contributed by atoms with Crippen molar-refractivity contribution in [3.8, 4) is 0 Å². The zero-order valence-electron chi connectivity index (χ0n) is 22.8. The second-order valence-electron chi connectivity index (χ2n) is 11.6. The van der Waals surface area contributed by atoms with Crippen molar-refractivity contribution in [1.29, 1.82) is 0 Å². The monoisotopic (exact) mass is 545 g/mol. The predicted molar refractivity (Wildman–Crippen MR) is 155 cm³/mol. The van der Waals surface area contributed by atoms with Crippen LogP contribution in [0.3, 0.4) is 0 Å². The molecule has 0 radical (unpaired) electrons. The van der Waals surface area contributed by atoms with E-state index in [0.29, 0.717) is 0 Å². The van der Waals surface area contributed by atoms with E-state index in [0.717, 1.165) is 45.7 Å². The smallest absolute Gasteiger partial charge is 0.341 e. The Labute approximate surface area is 213 Å². The highest BCUT2D eigenvalue weighted by Crippen LogP contribution is 2.53. The molecule has 0 aromatic heterocycles. The maximum absolute atomic E-state index is 6.10. The first-order valence-electron chi connectivity index (χ1n) is 12.8. The van der Waals surface area contributed by atoms with Crippen molar-refractivity contribution in [2.75, 3.05) is 6.54 Å². The van der Waals surface area contributed by atoms with E-state index in [1.54, 1.807) is 0 Å². The fourth-order valence-corrected chi connectivity index (χ4v) is 29.6. The molecule has 188 valence electrons. The van der Waals surface area contributed by atoms with Gasteiger partial charge in [0.25, 0.3) is 0 Å². The lowest BCUT2D eigenvalue weighted by Crippen LogP contribution is -2.73. The van der Waals surface area contributed by atoms with E-state index in [2.05, 4.69) is 87.3 Å². The Balaban J connectivity index is 6.19. The minimum atomic E-state index is -2.47. The first kappa shape index (κ1) is 32.5. The molecule has 0 bridgehead atoms. The van der Waals surface area contributed by atoms with Crippen molar-refractivity contribution in [2.45, 2.75) is 148 Å². The summed E-state index contributed by atoms with van der Waals surface area (Å²) < 4.78 is 3.30. The summed E-state index contributed by atoms with van der Waals surface area (Å²) in [5.74, 6) is 0. The topological polar surface area (TPSA) is 3.24 Å². The summed E-state index contributed by atoms with van der Waals surface area (Å²) in [6.07, 6.45) is 4.78. The van der Waals surface area contributed by atoms with Crippen molar-refractivity contribution in [3.05, 3.63) is 0 Å². The molecule has 0 fully saturated rings. The number of unbranched alkanes of at least 4 members (excludes halogenated alkanes) is 3. The molecule has 0 rings (SSSR count). The SMILES string of the molecule is CC(C)[Si](C(C)C)(C(C)C)N(CCCCCC[Si](Cl)(Cl)Cl)[Si](C(C)C)(C(C)C)C(C)C. The second-order valence-corrected chi connectivity index (χ2v) is 32.9. The summed E-state index contributed by atoms with van der Waals surface area (Å²) >= 11 is 18.3. The van der Waals surface area contributed by atoms with Gasteiger partial charge in [0, 0.05) is 0 Å². The zero-order valence-corrected chi connectivity index (χ0v) is 28.1. The third kappa shape index (κ3) is 7.73. The van der Waals surface area contributed by atoms with Crippen molar-refractivity contribution in [3.63, 3.8) is 0 Å². The van der Waals surface area contributed by atoms with Crippen LogP contribution in [0.15, 0.2) is 0 Å². The molecule has 0 aliphatic carbocycles. The Hall–Kier alpha value is 1.48. The molecule has 0 aliphatic heterocycles. The molecule has 0 aliphatic rings. The first-order chi connectivity index (χ1) is 14.0. The number of nitrogens with zero attached hydrogens (tertiary/aromatic N) is 1. The van der Waals surface area contributed by atoms with Crippen molar-refractivity contribution < 1.29 is 0 Å². The molecule has 0 spiro atoms. The summed E-state index contributed by atoms with van der Waals surface area (Å²) in [5.41, 5.74) is 4.53. The lowest BCUT2D eigenvalue weighted by Gasteiger charge is -2.63. The van der Waals surface area contributed by atoms with Gasteiger partial charge < -0.3 is 4.23 Å². The highest BCUT2D eigenvalue weighted by molar-refractivity contribution is 7.64. The molecule has 31 heavy (non-hydrogen) atoms. The van der Waals surface area contributed by atoms with E-state index in [1.165, 1.54) is 25.8 Å². The van der Waals surface area contributed by atoms with Crippen LogP contribution in [0.25, 0.3) is 0 Å². The van der Waals surface area contributed by atoms with Gasteiger partial charge in [-0.1, -0.05) is 102 Å². The van der Waals surface area contributed by atoms with Gasteiger partial charge in [0.1, 0.15) is 16.5 Å². The summed E-state index contributed by atoms with van der Waals surface area (Å²) in [4.78, 5) is 0. The lowest BCUT2D eigenvalue weighted by atomic mass is 10.2. The quantitative estimate of drug-likeness (QED) is 0.112. The van der Waals surface area contributed by atoms with Crippen LogP contribution in [-0.4, -0.2) is 33.2 Å². The Bertz CT molecular complexity index is 427. The fourth-order valence-electron chi connectivity index (χ4n) is 7.54. The summed E-state index contributed by atoms with van der Waals surface area (Å²) in [6, 6.07) is -1.67. The first-order valence-corrected chi connectivity index (χ1v) is 22.4. The molecule has 0 aromatic carbocycles. The van der Waals surface area contributed by atoms with Crippen LogP contribution in [0.4, 0.5) is 0 Å². The summed E-state index contributed by atoms with van der Waals surface area (Å²) in [6.45, 7) is 31.7. The largest absolute Gasteiger partial charge is 0.344 e. The van der Waals surface area contributed by atoms with E-state index in [-0.39, 0.29) is 0 Å². The van der Waals surface area contributed by atoms with Gasteiger partial charge in [-0.3, -0.25) is 0 Å². The van der Waals surface area contributed by atoms with E-state index in [1.807, 2.05) is 0 Å². The van der Waals surface area contributed by atoms with Crippen molar-refractivity contribution in [1.82, 2.24) is 4.23 Å². The van der Waals surface area contributed by atoms with Gasteiger partial charge >= 0.3 is 6.00 Å². The molecular weight excluding hydrogens is 493 g/mol. The average molecular weight is 547 g/mol. The van der Waals surface area contributed by atoms with E-state index < -0.39 is 22.5 Å². The van der Waals surface area contributed by atoms with Crippen LogP contribution >= 0.6 is 33.2 Å². The minimum absolute atomic E-state index is 0.756. The maximum atomic E-state index is 6.10. The molecule has 0 heterocycles. The highest BCUT2D eigenvalue weighted by Gasteiger charge is 2.58. The van der Waals surface area contributed by atoms with Crippen LogP contribution in [-0.2, 0) is 0 Å². The van der Waals surface area contributed by atoms with E-state index in [9.17, 15) is 0 Å². The summed E-state index contributed by atoms with van der Waals surface area (Å²) in [7, 11) is -3.48. The van der Waals surface area contributed by atoms with Gasteiger partial charge in [0.15, 0.2) is 0 Å². The Morgan fingerprint density at radius 3 is 1.03 bits per heavy atom. The Morgan fingerprint density at radius 2 is 0.774 bits per heavy atom. The maximum Gasteiger partial charge on any atom is 0.341 e. The van der Waals surface area contributed by atoms with E-state index in [4.69, 9.17) is 33.2 Å². The molecule has 0 saturated carbocycles. The molecule has 0 atom stereocenters. The van der Waals surface area contributed by atoms with Gasteiger partial charge in [-0.2, -0.15) is 0 Å². The van der Waals surface area contributed by atoms with Gasteiger partial charge in [-0.15, -0.1) is 33.2 Å². The highest BCUT2D eigenvalue weighted by atomic mass is 35.8. The lowest BCUT2D eigenvalue weighted by molar-refractivity contribution is 0.472. The van der Waals surface area contributed by atoms with Crippen LogP contribution in [0.5, 0.6) is 0 Å². The van der Waals surface area contributed by atoms with E-state index >= 15 is 0 Å². The Morgan fingerprint density at radius 1 is 0.484 bits per heavy atom. The van der Waals surface area contributed by atoms with Crippen LogP contribution in [0.2, 0.25) is 39.3 Å². The number of hydrogen-bond acceptors (Lipinski definition) is 1. The van der Waals surface area contributed by atoms with Gasteiger partial charge in [0.2, 0.25) is 0 Å². The predicted octanol–water partition coefficient (Wildman–Crippen LogP) is 10.9. The average Bonchev–Trinajstić information content (AvgIpc) is 2.55. The van der Waals surface area contributed by atoms with Crippen molar-refractivity contribution in [2.24, 2.45) is 0 Å². The third-order valence-corrected chi connectivity index (χ3v) is 26.4. The molecular formula is C24H54Cl3NSi3. The Kier molecular flexibility index (Phi) is 14.2. The molecule has 0 amide bonds. The molecule has 1 nitrogen and oxygen atoms in total. The number of hydrogen-bond donors (Lipinski definition) is 0. The normalized spacial score (nSPS) is 14.5. The van der Waals surface area contributed by atoms with Gasteiger partial charge in [-0.05, 0) is 52.3 Å². The van der Waals surface area contributed by atoms with Gasteiger partial charge in [-0.25, -0.2) is 0 Å².